The van der Waals surface area contributed by atoms with Crippen molar-refractivity contribution in [3.63, 3.8) is 0 Å². The molecule has 0 bridgehead atoms. The molecule has 0 saturated heterocycles. The van der Waals surface area contributed by atoms with Crippen molar-refractivity contribution < 1.29 is 18.0 Å². The Morgan fingerprint density at radius 1 is 0.963 bits per heavy atom. The second-order valence-corrected chi connectivity index (χ2v) is 7.49. The molecule has 0 aliphatic carbocycles. The Hall–Kier alpha value is -2.30. The van der Waals surface area contributed by atoms with E-state index in [2.05, 4.69) is 19.2 Å². The molecule has 27 heavy (non-hydrogen) atoms. The highest BCUT2D eigenvalue weighted by molar-refractivity contribution is 5.79. The van der Waals surface area contributed by atoms with E-state index in [1.807, 2.05) is 38.1 Å². The number of nitrogens with one attached hydrogen (secondary N) is 1. The standard InChI is InChI=1S/C22H26F3NO/c1-14(2)17-8-10-18(11-9-17)21(15(3)4)26-20(27)13-16-6-5-7-19(12-16)22(23,24)25/h5-12,14-15,21H,13H2,1-4H3,(H,26,27)/t21-/m0/s1. The van der Waals surface area contributed by atoms with Crippen LogP contribution in [0.5, 0.6) is 0 Å². The Balaban J connectivity index is 2.11. The first-order chi connectivity index (χ1) is 12.6. The van der Waals surface area contributed by atoms with Crippen LogP contribution in [0.15, 0.2) is 48.5 Å². The van der Waals surface area contributed by atoms with E-state index in [4.69, 9.17) is 0 Å². The lowest BCUT2D eigenvalue weighted by Crippen LogP contribution is -2.32. The average Bonchev–Trinajstić information content (AvgIpc) is 2.59. The quantitative estimate of drug-likeness (QED) is 0.669. The molecule has 146 valence electrons. The van der Waals surface area contributed by atoms with E-state index < -0.39 is 11.7 Å². The van der Waals surface area contributed by atoms with Gasteiger partial charge in [0.15, 0.2) is 0 Å². The summed E-state index contributed by atoms with van der Waals surface area (Å²) in [5.41, 5.74) is 1.82. The molecule has 0 aromatic heterocycles. The van der Waals surface area contributed by atoms with Gasteiger partial charge in [-0.1, -0.05) is 70.2 Å². The first kappa shape index (κ1) is 21.0. The molecule has 0 radical (unpaired) electrons. The van der Waals surface area contributed by atoms with E-state index in [9.17, 15) is 18.0 Å². The molecule has 0 heterocycles. The van der Waals surface area contributed by atoms with Gasteiger partial charge in [0.25, 0.3) is 0 Å². The van der Waals surface area contributed by atoms with E-state index in [1.54, 1.807) is 0 Å². The molecule has 2 rings (SSSR count). The average molecular weight is 377 g/mol. The lowest BCUT2D eigenvalue weighted by atomic mass is 9.93. The Kier molecular flexibility index (Phi) is 6.68. The summed E-state index contributed by atoms with van der Waals surface area (Å²) in [7, 11) is 0. The molecule has 2 nitrogen and oxygen atoms in total. The normalized spacial score (nSPS) is 13.1. The van der Waals surface area contributed by atoms with Crippen LogP contribution >= 0.6 is 0 Å². The van der Waals surface area contributed by atoms with Crippen LogP contribution in [0.25, 0.3) is 0 Å². The number of carbonyl (C=O) groups excluding carboxylic acids is 1. The van der Waals surface area contributed by atoms with Crippen molar-refractivity contribution in [3.05, 3.63) is 70.8 Å². The summed E-state index contributed by atoms with van der Waals surface area (Å²) in [5.74, 6) is 0.286. The van der Waals surface area contributed by atoms with Gasteiger partial charge in [0, 0.05) is 0 Å². The molecule has 2 aromatic carbocycles. The molecule has 1 atom stereocenters. The van der Waals surface area contributed by atoms with Crippen LogP contribution in [0.3, 0.4) is 0 Å². The number of halogens is 3. The summed E-state index contributed by atoms with van der Waals surface area (Å²) in [5, 5.41) is 2.97. The van der Waals surface area contributed by atoms with E-state index in [-0.39, 0.29) is 24.3 Å². The van der Waals surface area contributed by atoms with Gasteiger partial charge in [-0.3, -0.25) is 4.79 Å². The minimum absolute atomic E-state index is 0.0861. The molecule has 0 fully saturated rings. The van der Waals surface area contributed by atoms with Gasteiger partial charge in [-0.25, -0.2) is 0 Å². The van der Waals surface area contributed by atoms with Gasteiger partial charge < -0.3 is 5.32 Å². The molecule has 0 aliphatic heterocycles. The Morgan fingerprint density at radius 2 is 1.56 bits per heavy atom. The van der Waals surface area contributed by atoms with Gasteiger partial charge in [-0.15, -0.1) is 0 Å². The second kappa shape index (κ2) is 8.59. The third kappa shape index (κ3) is 5.84. The second-order valence-electron chi connectivity index (χ2n) is 7.49. The highest BCUT2D eigenvalue weighted by Gasteiger charge is 2.30. The Morgan fingerprint density at radius 3 is 2.07 bits per heavy atom. The number of carbonyl (C=O) groups is 1. The van der Waals surface area contributed by atoms with Gasteiger partial charge >= 0.3 is 6.18 Å². The fourth-order valence-corrected chi connectivity index (χ4v) is 2.99. The summed E-state index contributed by atoms with van der Waals surface area (Å²) >= 11 is 0. The third-order valence-electron chi connectivity index (χ3n) is 4.56. The number of rotatable bonds is 6. The minimum Gasteiger partial charge on any atom is -0.349 e. The molecule has 0 spiro atoms. The fraction of sp³-hybridized carbons (Fsp3) is 0.409. The summed E-state index contributed by atoms with van der Waals surface area (Å²) in [4.78, 5) is 12.4. The predicted octanol–water partition coefficient (Wildman–Crippen LogP) is 5.88. The highest BCUT2D eigenvalue weighted by Crippen LogP contribution is 2.30. The highest BCUT2D eigenvalue weighted by atomic mass is 19.4. The zero-order valence-electron chi connectivity index (χ0n) is 16.1. The number of amides is 1. The maximum absolute atomic E-state index is 12.8. The van der Waals surface area contributed by atoms with Crippen LogP contribution in [0.1, 0.15) is 61.9 Å². The summed E-state index contributed by atoms with van der Waals surface area (Å²) < 4.78 is 38.5. The first-order valence-corrected chi connectivity index (χ1v) is 9.13. The summed E-state index contributed by atoms with van der Waals surface area (Å²) in [6.07, 6.45) is -4.50. The maximum atomic E-state index is 12.8. The van der Waals surface area contributed by atoms with Crippen LogP contribution in [0, 0.1) is 5.92 Å². The van der Waals surface area contributed by atoms with Gasteiger partial charge in [0.05, 0.1) is 18.0 Å². The van der Waals surface area contributed by atoms with Crippen molar-refractivity contribution >= 4 is 5.91 Å². The number of alkyl halides is 3. The van der Waals surface area contributed by atoms with Gasteiger partial charge in [-0.2, -0.15) is 13.2 Å². The van der Waals surface area contributed by atoms with Gasteiger partial charge in [-0.05, 0) is 34.6 Å². The lowest BCUT2D eigenvalue weighted by molar-refractivity contribution is -0.137. The molecule has 2 aromatic rings. The molecular formula is C22H26F3NO. The smallest absolute Gasteiger partial charge is 0.349 e. The Labute approximate surface area is 158 Å². The summed E-state index contributed by atoms with van der Waals surface area (Å²) in [6, 6.07) is 12.8. The van der Waals surface area contributed by atoms with Gasteiger partial charge in [0.1, 0.15) is 0 Å². The largest absolute Gasteiger partial charge is 0.416 e. The lowest BCUT2D eigenvalue weighted by Gasteiger charge is -2.23. The maximum Gasteiger partial charge on any atom is 0.416 e. The van der Waals surface area contributed by atoms with Crippen molar-refractivity contribution in [2.24, 2.45) is 5.92 Å². The molecule has 1 N–H and O–H groups in total. The topological polar surface area (TPSA) is 29.1 Å². The van der Waals surface area contributed by atoms with Crippen molar-refractivity contribution in [3.8, 4) is 0 Å². The predicted molar refractivity (Wildman–Crippen MR) is 101 cm³/mol. The van der Waals surface area contributed by atoms with Gasteiger partial charge in [0.2, 0.25) is 5.91 Å². The molecule has 1 amide bonds. The van der Waals surface area contributed by atoms with Crippen LogP contribution in [0.4, 0.5) is 13.2 Å². The SMILES string of the molecule is CC(C)c1ccc([C@@H](NC(=O)Cc2cccc(C(F)(F)F)c2)C(C)C)cc1. The monoisotopic (exact) mass is 377 g/mol. The van der Waals surface area contributed by atoms with Crippen molar-refractivity contribution in [2.75, 3.05) is 0 Å². The van der Waals surface area contributed by atoms with Crippen LogP contribution in [-0.2, 0) is 17.4 Å². The van der Waals surface area contributed by atoms with Crippen LogP contribution in [-0.4, -0.2) is 5.91 Å². The number of hydrogen-bond donors (Lipinski definition) is 1. The molecular weight excluding hydrogens is 351 g/mol. The van der Waals surface area contributed by atoms with Crippen molar-refractivity contribution in [2.45, 2.75) is 52.3 Å². The van der Waals surface area contributed by atoms with Crippen LogP contribution in [0.2, 0.25) is 0 Å². The van der Waals surface area contributed by atoms with E-state index in [0.717, 1.165) is 17.7 Å². The Bertz CT molecular complexity index is 764. The zero-order valence-corrected chi connectivity index (χ0v) is 16.1. The summed E-state index contributed by atoms with van der Waals surface area (Å²) in [6.45, 7) is 8.24. The molecule has 5 heteroatoms. The molecule has 0 aliphatic rings. The molecule has 0 saturated carbocycles. The number of benzene rings is 2. The number of hydrogen-bond acceptors (Lipinski definition) is 1. The molecule has 0 unspecified atom stereocenters. The minimum atomic E-state index is -4.41. The van der Waals surface area contributed by atoms with Crippen LogP contribution < -0.4 is 5.32 Å². The zero-order chi connectivity index (χ0) is 20.2. The van der Waals surface area contributed by atoms with E-state index in [0.29, 0.717) is 11.5 Å². The van der Waals surface area contributed by atoms with Crippen molar-refractivity contribution in [1.29, 1.82) is 0 Å². The van der Waals surface area contributed by atoms with E-state index >= 15 is 0 Å². The van der Waals surface area contributed by atoms with Crippen molar-refractivity contribution in [1.82, 2.24) is 5.32 Å². The third-order valence-corrected chi connectivity index (χ3v) is 4.56. The first-order valence-electron chi connectivity index (χ1n) is 9.13. The fourth-order valence-electron chi connectivity index (χ4n) is 2.99. The van der Waals surface area contributed by atoms with E-state index in [1.165, 1.54) is 17.7 Å².